The first-order valence-electron chi connectivity index (χ1n) is 7.87. The van der Waals surface area contributed by atoms with E-state index in [4.69, 9.17) is 4.52 Å². The zero-order chi connectivity index (χ0) is 18.0. The fourth-order valence-corrected chi connectivity index (χ4v) is 2.88. The van der Waals surface area contributed by atoms with E-state index in [1.54, 1.807) is 6.92 Å². The number of aryl methyl sites for hydroxylation is 1. The molecule has 134 valence electrons. The van der Waals surface area contributed by atoms with Gasteiger partial charge in [0.2, 0.25) is 5.89 Å². The first-order valence-corrected chi connectivity index (χ1v) is 7.87. The fourth-order valence-electron chi connectivity index (χ4n) is 2.88. The number of nitrogens with one attached hydrogen (secondary N) is 1. The first kappa shape index (κ1) is 17.2. The van der Waals surface area contributed by atoms with Gasteiger partial charge in [-0.25, -0.2) is 4.79 Å². The van der Waals surface area contributed by atoms with E-state index in [-0.39, 0.29) is 11.6 Å². The van der Waals surface area contributed by atoms with Crippen molar-refractivity contribution in [1.29, 1.82) is 0 Å². The number of piperidine rings is 1. The molecule has 2 aromatic rings. The van der Waals surface area contributed by atoms with Crippen molar-refractivity contribution in [2.75, 3.05) is 18.4 Å². The second-order valence-corrected chi connectivity index (χ2v) is 5.94. The third-order valence-corrected chi connectivity index (χ3v) is 4.08. The molecule has 1 aliphatic rings. The number of likely N-dealkylation sites (tertiary alicyclic amines) is 1. The fraction of sp³-hybridized carbons (Fsp3) is 0.438. The molecule has 1 aromatic heterocycles. The Labute approximate surface area is 142 Å². The van der Waals surface area contributed by atoms with Gasteiger partial charge in [0.05, 0.1) is 17.2 Å². The molecule has 0 spiro atoms. The minimum absolute atomic E-state index is 0.112. The summed E-state index contributed by atoms with van der Waals surface area (Å²) in [5.41, 5.74) is -1.12. The lowest BCUT2D eigenvalue weighted by atomic mass is 9.98. The van der Waals surface area contributed by atoms with Gasteiger partial charge in [-0.3, -0.25) is 0 Å². The number of hydrogen-bond acceptors (Lipinski definition) is 4. The summed E-state index contributed by atoms with van der Waals surface area (Å²) >= 11 is 0. The van der Waals surface area contributed by atoms with Crippen LogP contribution in [0.5, 0.6) is 0 Å². The lowest BCUT2D eigenvalue weighted by Crippen LogP contribution is -2.42. The van der Waals surface area contributed by atoms with Crippen LogP contribution in [-0.4, -0.2) is 34.2 Å². The number of nitrogens with zero attached hydrogens (tertiary/aromatic N) is 3. The Morgan fingerprint density at radius 3 is 2.80 bits per heavy atom. The highest BCUT2D eigenvalue weighted by molar-refractivity contribution is 5.90. The summed E-state index contributed by atoms with van der Waals surface area (Å²) in [4.78, 5) is 18.1. The number of carbonyl (C=O) groups is 1. The lowest BCUT2D eigenvalue weighted by Gasteiger charge is -2.31. The maximum Gasteiger partial charge on any atom is 0.418 e. The molecular weight excluding hydrogens is 337 g/mol. The first-order chi connectivity index (χ1) is 11.8. The van der Waals surface area contributed by atoms with E-state index in [1.807, 2.05) is 0 Å². The number of rotatable bonds is 2. The van der Waals surface area contributed by atoms with Gasteiger partial charge in [0.15, 0.2) is 5.82 Å². The molecule has 1 saturated heterocycles. The quantitative estimate of drug-likeness (QED) is 0.890. The Morgan fingerprint density at radius 1 is 1.36 bits per heavy atom. The van der Waals surface area contributed by atoms with Crippen molar-refractivity contribution in [3.63, 3.8) is 0 Å². The van der Waals surface area contributed by atoms with Gasteiger partial charge in [0, 0.05) is 13.1 Å². The van der Waals surface area contributed by atoms with Crippen molar-refractivity contribution in [1.82, 2.24) is 15.0 Å². The van der Waals surface area contributed by atoms with E-state index >= 15 is 0 Å². The van der Waals surface area contributed by atoms with Crippen LogP contribution >= 0.6 is 0 Å². The summed E-state index contributed by atoms with van der Waals surface area (Å²) in [6.07, 6.45) is -3.04. The molecule has 9 heteroatoms. The summed E-state index contributed by atoms with van der Waals surface area (Å²) in [5, 5.41) is 6.10. The number of hydrogen-bond donors (Lipinski definition) is 1. The molecule has 0 aliphatic carbocycles. The molecule has 2 heterocycles. The molecule has 0 radical (unpaired) electrons. The highest BCUT2D eigenvalue weighted by Gasteiger charge is 2.34. The third kappa shape index (κ3) is 3.92. The van der Waals surface area contributed by atoms with Crippen LogP contribution in [0.25, 0.3) is 0 Å². The SMILES string of the molecule is Cc1noc([C@@H]2CCCN(C(=O)Nc3ccccc3C(F)(F)F)C2)n1. The van der Waals surface area contributed by atoms with Crippen LogP contribution in [-0.2, 0) is 6.18 Å². The average molecular weight is 354 g/mol. The average Bonchev–Trinajstić information content (AvgIpc) is 3.01. The van der Waals surface area contributed by atoms with Gasteiger partial charge in [-0.05, 0) is 31.9 Å². The molecule has 6 nitrogen and oxygen atoms in total. The smallest absolute Gasteiger partial charge is 0.339 e. The zero-order valence-corrected chi connectivity index (χ0v) is 13.5. The second-order valence-electron chi connectivity index (χ2n) is 5.94. The van der Waals surface area contributed by atoms with Crippen LogP contribution in [0.4, 0.5) is 23.7 Å². The number of halogens is 3. The van der Waals surface area contributed by atoms with E-state index in [0.717, 1.165) is 12.5 Å². The maximum absolute atomic E-state index is 13.0. The predicted octanol–water partition coefficient (Wildman–Crippen LogP) is 3.81. The van der Waals surface area contributed by atoms with Gasteiger partial charge in [-0.1, -0.05) is 17.3 Å². The molecule has 25 heavy (non-hydrogen) atoms. The lowest BCUT2D eigenvalue weighted by molar-refractivity contribution is -0.136. The second kappa shape index (κ2) is 6.73. The zero-order valence-electron chi connectivity index (χ0n) is 13.5. The summed E-state index contributed by atoms with van der Waals surface area (Å²) in [7, 11) is 0. The van der Waals surface area contributed by atoms with Crippen LogP contribution in [0.1, 0.15) is 36.0 Å². The number of carbonyl (C=O) groups excluding carboxylic acids is 1. The topological polar surface area (TPSA) is 71.3 Å². The van der Waals surface area contributed by atoms with Crippen molar-refractivity contribution in [3.8, 4) is 0 Å². The molecule has 1 aliphatic heterocycles. The Morgan fingerprint density at radius 2 is 2.12 bits per heavy atom. The van der Waals surface area contributed by atoms with Crippen molar-refractivity contribution in [2.45, 2.75) is 31.9 Å². The van der Waals surface area contributed by atoms with Gasteiger partial charge in [0.25, 0.3) is 0 Å². The van der Waals surface area contributed by atoms with Crippen LogP contribution in [0, 0.1) is 6.92 Å². The third-order valence-electron chi connectivity index (χ3n) is 4.08. The van der Waals surface area contributed by atoms with E-state index in [2.05, 4.69) is 15.5 Å². The summed E-state index contributed by atoms with van der Waals surface area (Å²) in [6.45, 7) is 2.49. The Hall–Kier alpha value is -2.58. The standard InChI is InChI=1S/C16H17F3N4O2/c1-10-20-14(25-22-10)11-5-4-8-23(9-11)15(24)21-13-7-3-2-6-12(13)16(17,18)19/h2-3,6-7,11H,4-5,8-9H2,1H3,(H,21,24)/t11-/m1/s1. The monoisotopic (exact) mass is 354 g/mol. The molecule has 0 bridgehead atoms. The van der Waals surface area contributed by atoms with Gasteiger partial charge in [-0.15, -0.1) is 0 Å². The van der Waals surface area contributed by atoms with Crippen molar-refractivity contribution < 1.29 is 22.5 Å². The van der Waals surface area contributed by atoms with Crippen LogP contribution in [0.15, 0.2) is 28.8 Å². The molecule has 1 aromatic carbocycles. The Bertz CT molecular complexity index is 760. The number of benzene rings is 1. The normalized spacial score (nSPS) is 18.2. The largest absolute Gasteiger partial charge is 0.418 e. The predicted molar refractivity (Wildman–Crippen MR) is 83.0 cm³/mol. The van der Waals surface area contributed by atoms with Gasteiger partial charge >= 0.3 is 12.2 Å². The number of para-hydroxylation sites is 1. The number of urea groups is 1. The van der Waals surface area contributed by atoms with Crippen LogP contribution < -0.4 is 5.32 Å². The number of alkyl halides is 3. The number of amides is 2. The Kier molecular flexibility index (Phi) is 4.65. The van der Waals surface area contributed by atoms with Gasteiger partial charge in [-0.2, -0.15) is 18.2 Å². The van der Waals surface area contributed by atoms with E-state index in [1.165, 1.54) is 23.1 Å². The molecule has 1 fully saturated rings. The minimum atomic E-state index is -4.53. The number of anilines is 1. The highest BCUT2D eigenvalue weighted by Crippen LogP contribution is 2.35. The summed E-state index contributed by atoms with van der Waals surface area (Å²) in [6, 6.07) is 4.34. The summed E-state index contributed by atoms with van der Waals surface area (Å²) < 4.78 is 44.2. The van der Waals surface area contributed by atoms with E-state index in [0.29, 0.717) is 31.2 Å². The number of aromatic nitrogens is 2. The van der Waals surface area contributed by atoms with E-state index in [9.17, 15) is 18.0 Å². The molecule has 0 saturated carbocycles. The van der Waals surface area contributed by atoms with Gasteiger partial charge in [0.1, 0.15) is 0 Å². The van der Waals surface area contributed by atoms with Crippen molar-refractivity contribution >= 4 is 11.7 Å². The Balaban J connectivity index is 1.71. The molecule has 2 amide bonds. The highest BCUT2D eigenvalue weighted by atomic mass is 19.4. The van der Waals surface area contributed by atoms with E-state index < -0.39 is 17.8 Å². The molecule has 3 rings (SSSR count). The van der Waals surface area contributed by atoms with Crippen molar-refractivity contribution in [3.05, 3.63) is 41.5 Å². The minimum Gasteiger partial charge on any atom is -0.339 e. The maximum atomic E-state index is 13.0. The van der Waals surface area contributed by atoms with Crippen molar-refractivity contribution in [2.24, 2.45) is 0 Å². The molecule has 0 unspecified atom stereocenters. The molecular formula is C16H17F3N4O2. The summed E-state index contributed by atoms with van der Waals surface area (Å²) in [5.74, 6) is 0.847. The van der Waals surface area contributed by atoms with Crippen LogP contribution in [0.3, 0.4) is 0 Å². The molecule has 1 atom stereocenters. The van der Waals surface area contributed by atoms with Crippen LogP contribution in [0.2, 0.25) is 0 Å². The molecule has 1 N–H and O–H groups in total. The van der Waals surface area contributed by atoms with Gasteiger partial charge < -0.3 is 14.7 Å².